The van der Waals surface area contributed by atoms with Gasteiger partial charge >= 0.3 is 17.9 Å². The molecule has 0 aliphatic carbocycles. The molecular weight excluding hydrogens is 455 g/mol. The number of aromatic nitrogens is 3. The van der Waals surface area contributed by atoms with Gasteiger partial charge in [-0.25, -0.2) is 29.3 Å². The zero-order chi connectivity index (χ0) is 20.1. The van der Waals surface area contributed by atoms with Gasteiger partial charge < -0.3 is 15.3 Å². The number of hydrogen-bond acceptors (Lipinski definition) is 6. The van der Waals surface area contributed by atoms with E-state index < -0.39 is 17.9 Å². The topological polar surface area (TPSA) is 151 Å². The van der Waals surface area contributed by atoms with Crippen LogP contribution in [0.15, 0.2) is 73.2 Å². The molecule has 9 nitrogen and oxygen atoms in total. The molecule has 3 rings (SSSR count). The van der Waals surface area contributed by atoms with E-state index in [2.05, 4.69) is 15.0 Å². The third-order valence-electron chi connectivity index (χ3n) is 2.65. The van der Waals surface area contributed by atoms with Crippen LogP contribution in [0.4, 0.5) is 0 Å². The smallest absolute Gasteiger partial charge is 0.354 e. The van der Waals surface area contributed by atoms with Gasteiger partial charge in [0.15, 0.2) is 0 Å². The SMILES string of the molecule is O=C(O)c1ccccn1.O=C(O)c1ccccn1.O=C(O)c1ccccn1.[Ru]. The number of pyridine rings is 3. The molecule has 0 saturated heterocycles. The van der Waals surface area contributed by atoms with Gasteiger partial charge in [-0.2, -0.15) is 0 Å². The van der Waals surface area contributed by atoms with Crippen LogP contribution in [0.2, 0.25) is 0 Å². The molecule has 0 atom stereocenters. The van der Waals surface area contributed by atoms with Crippen LogP contribution in [0.5, 0.6) is 0 Å². The molecule has 0 aliphatic rings. The fraction of sp³-hybridized carbons (Fsp3) is 0. The number of nitrogens with zero attached hydrogens (tertiary/aromatic N) is 3. The molecule has 0 bridgehead atoms. The van der Waals surface area contributed by atoms with Crippen molar-refractivity contribution in [1.82, 2.24) is 15.0 Å². The molecule has 0 spiro atoms. The van der Waals surface area contributed by atoms with Crippen molar-refractivity contribution in [3.8, 4) is 0 Å². The maximum absolute atomic E-state index is 10.1. The van der Waals surface area contributed by atoms with Gasteiger partial charge in [0.2, 0.25) is 0 Å². The second kappa shape index (κ2) is 13.7. The molecule has 0 aromatic carbocycles. The fourth-order valence-electron chi connectivity index (χ4n) is 1.47. The van der Waals surface area contributed by atoms with Crippen molar-refractivity contribution in [3.63, 3.8) is 0 Å². The van der Waals surface area contributed by atoms with Gasteiger partial charge in [-0.1, -0.05) is 18.2 Å². The standard InChI is InChI=1S/3C6H5NO2.Ru/c3*8-6(9)5-3-1-2-4-7-5;/h3*1-4H,(H,8,9);. The molecule has 28 heavy (non-hydrogen) atoms. The minimum Gasteiger partial charge on any atom is -0.477 e. The summed E-state index contributed by atoms with van der Waals surface area (Å²) in [4.78, 5) is 41.2. The Morgan fingerprint density at radius 1 is 0.536 bits per heavy atom. The van der Waals surface area contributed by atoms with E-state index in [1.54, 1.807) is 36.4 Å². The zero-order valence-electron chi connectivity index (χ0n) is 14.2. The molecule has 0 saturated carbocycles. The molecule has 146 valence electrons. The van der Waals surface area contributed by atoms with Gasteiger partial charge in [-0.15, -0.1) is 0 Å². The fourth-order valence-corrected chi connectivity index (χ4v) is 1.47. The Labute approximate surface area is 172 Å². The van der Waals surface area contributed by atoms with Crippen LogP contribution in [-0.2, 0) is 19.5 Å². The zero-order valence-corrected chi connectivity index (χ0v) is 15.9. The Morgan fingerprint density at radius 3 is 0.893 bits per heavy atom. The van der Waals surface area contributed by atoms with Crippen molar-refractivity contribution < 1.29 is 49.2 Å². The van der Waals surface area contributed by atoms with Crippen molar-refractivity contribution in [3.05, 3.63) is 90.3 Å². The van der Waals surface area contributed by atoms with E-state index in [-0.39, 0.29) is 36.6 Å². The maximum Gasteiger partial charge on any atom is 0.354 e. The summed E-state index contributed by atoms with van der Waals surface area (Å²) < 4.78 is 0. The summed E-state index contributed by atoms with van der Waals surface area (Å²) in [5.74, 6) is -2.97. The van der Waals surface area contributed by atoms with Crippen molar-refractivity contribution in [2.24, 2.45) is 0 Å². The summed E-state index contributed by atoms with van der Waals surface area (Å²) in [6.07, 6.45) is 4.34. The maximum atomic E-state index is 10.1. The predicted molar refractivity (Wildman–Crippen MR) is 93.6 cm³/mol. The van der Waals surface area contributed by atoms with E-state index in [0.717, 1.165) is 0 Å². The predicted octanol–water partition coefficient (Wildman–Crippen LogP) is 2.34. The van der Waals surface area contributed by atoms with Crippen LogP contribution in [0.3, 0.4) is 0 Å². The van der Waals surface area contributed by atoms with E-state index in [1.807, 2.05) is 0 Å². The molecule has 3 N–H and O–H groups in total. The van der Waals surface area contributed by atoms with E-state index in [9.17, 15) is 14.4 Å². The molecular formula is C18H15N3O6Ru. The first-order valence-corrected chi connectivity index (χ1v) is 7.34. The summed E-state index contributed by atoms with van der Waals surface area (Å²) in [7, 11) is 0. The Morgan fingerprint density at radius 2 is 0.786 bits per heavy atom. The Bertz CT molecular complexity index is 747. The van der Waals surface area contributed by atoms with Crippen molar-refractivity contribution >= 4 is 17.9 Å². The van der Waals surface area contributed by atoms with Crippen LogP contribution in [0, 0.1) is 0 Å². The normalized spacial score (nSPS) is 8.57. The monoisotopic (exact) mass is 471 g/mol. The first-order valence-electron chi connectivity index (χ1n) is 7.34. The molecule has 0 aliphatic heterocycles. The van der Waals surface area contributed by atoms with Gasteiger partial charge in [-0.3, -0.25) is 0 Å². The molecule has 0 amide bonds. The van der Waals surface area contributed by atoms with Crippen molar-refractivity contribution in [2.45, 2.75) is 0 Å². The van der Waals surface area contributed by atoms with Gasteiger partial charge in [0.1, 0.15) is 17.1 Å². The molecule has 0 unspecified atom stereocenters. The summed E-state index contributed by atoms with van der Waals surface area (Å²) >= 11 is 0. The number of hydrogen-bond donors (Lipinski definition) is 3. The van der Waals surface area contributed by atoms with E-state index in [4.69, 9.17) is 15.3 Å². The van der Waals surface area contributed by atoms with Crippen molar-refractivity contribution in [2.75, 3.05) is 0 Å². The van der Waals surface area contributed by atoms with Gasteiger partial charge in [0.25, 0.3) is 0 Å². The van der Waals surface area contributed by atoms with Gasteiger partial charge in [0.05, 0.1) is 0 Å². The second-order valence-electron chi connectivity index (χ2n) is 4.56. The Kier molecular flexibility index (Phi) is 11.9. The van der Waals surface area contributed by atoms with Crippen LogP contribution in [0.1, 0.15) is 31.5 Å². The molecule has 3 heterocycles. The number of carboxylic acid groups (broad SMARTS) is 3. The number of carbonyl (C=O) groups is 3. The average Bonchev–Trinajstić information content (AvgIpc) is 2.71. The molecule has 3 aromatic rings. The molecule has 10 heteroatoms. The number of rotatable bonds is 3. The molecule has 0 fully saturated rings. The minimum atomic E-state index is -0.990. The van der Waals surface area contributed by atoms with Crippen molar-refractivity contribution in [1.29, 1.82) is 0 Å². The third kappa shape index (κ3) is 9.83. The second-order valence-corrected chi connectivity index (χ2v) is 4.56. The summed E-state index contributed by atoms with van der Waals surface area (Å²) in [5, 5.41) is 25.0. The average molecular weight is 470 g/mol. The largest absolute Gasteiger partial charge is 0.477 e. The van der Waals surface area contributed by atoms with Crippen LogP contribution < -0.4 is 0 Å². The van der Waals surface area contributed by atoms with Crippen LogP contribution >= 0.6 is 0 Å². The van der Waals surface area contributed by atoms with E-state index >= 15 is 0 Å². The first kappa shape index (κ1) is 24.5. The number of aromatic carboxylic acids is 3. The van der Waals surface area contributed by atoms with Crippen LogP contribution in [-0.4, -0.2) is 48.2 Å². The molecule has 0 radical (unpaired) electrons. The third-order valence-corrected chi connectivity index (χ3v) is 2.65. The number of carboxylic acids is 3. The summed E-state index contributed by atoms with van der Waals surface area (Å²) in [6.45, 7) is 0. The van der Waals surface area contributed by atoms with E-state index in [0.29, 0.717) is 0 Å². The van der Waals surface area contributed by atoms with Crippen LogP contribution in [0.25, 0.3) is 0 Å². The minimum absolute atomic E-state index is 0. The van der Waals surface area contributed by atoms with Gasteiger partial charge in [0, 0.05) is 38.1 Å². The first-order chi connectivity index (χ1) is 12.9. The van der Waals surface area contributed by atoms with E-state index in [1.165, 1.54) is 36.8 Å². The molecule has 3 aromatic heterocycles. The summed E-state index contributed by atoms with van der Waals surface area (Å²) in [6, 6.07) is 14.3. The van der Waals surface area contributed by atoms with Gasteiger partial charge in [-0.05, 0) is 36.4 Å². The Hall–Kier alpha value is -3.52. The Balaban J connectivity index is 0.000000384. The quantitative estimate of drug-likeness (QED) is 0.490. The summed E-state index contributed by atoms with van der Waals surface area (Å²) in [5.41, 5.74) is 0.243.